The van der Waals surface area contributed by atoms with Crippen molar-refractivity contribution >= 4 is 33.3 Å². The molecule has 1 heterocycles. The zero-order valence-electron chi connectivity index (χ0n) is 10.7. The molecule has 1 aliphatic heterocycles. The molecule has 1 aromatic carbocycles. The van der Waals surface area contributed by atoms with Crippen molar-refractivity contribution in [1.82, 2.24) is 0 Å². The summed E-state index contributed by atoms with van der Waals surface area (Å²) in [6, 6.07) is 4.88. The van der Waals surface area contributed by atoms with Crippen LogP contribution in [0.5, 0.6) is 0 Å². The number of ether oxygens (including phenoxy) is 1. The number of Topliss-reactive ketones (excluding diaryl/α,β-unsaturated/α-hetero) is 1. The summed E-state index contributed by atoms with van der Waals surface area (Å²) in [5.41, 5.74) is 0.758. The summed E-state index contributed by atoms with van der Waals surface area (Å²) in [5, 5.41) is 0. The number of fused-ring (bicyclic) bond motifs is 1. The number of halogens is 4. The van der Waals surface area contributed by atoms with Crippen molar-refractivity contribution in [3.63, 3.8) is 0 Å². The predicted molar refractivity (Wildman–Crippen MR) is 72.3 cm³/mol. The first kappa shape index (κ1) is 16.0. The second kappa shape index (κ2) is 6.15. The number of hydrogen-bond donors (Lipinski definition) is 0. The first-order valence-corrected chi connectivity index (χ1v) is 6.90. The van der Waals surface area contributed by atoms with E-state index in [1.807, 2.05) is 0 Å². The van der Waals surface area contributed by atoms with Crippen molar-refractivity contribution in [2.24, 2.45) is 0 Å². The Morgan fingerprint density at radius 3 is 2.62 bits per heavy atom. The smallest absolute Gasteiger partial charge is 0.372 e. The normalized spacial score (nSPS) is 14.8. The van der Waals surface area contributed by atoms with Crippen molar-refractivity contribution in [1.29, 1.82) is 0 Å². The number of benzene rings is 1. The molecule has 0 aromatic heterocycles. The van der Waals surface area contributed by atoms with Gasteiger partial charge in [-0.3, -0.25) is 9.59 Å². The molecule has 0 spiro atoms. The predicted octanol–water partition coefficient (Wildman–Crippen LogP) is 2.95. The van der Waals surface area contributed by atoms with Crippen molar-refractivity contribution in [2.45, 2.75) is 12.6 Å². The molecular weight excluding hydrogens is 355 g/mol. The molecule has 0 saturated carbocycles. The van der Waals surface area contributed by atoms with Gasteiger partial charge in [-0.1, -0.05) is 6.07 Å². The second-order valence-electron chi connectivity index (χ2n) is 4.44. The van der Waals surface area contributed by atoms with Gasteiger partial charge in [0.1, 0.15) is 6.61 Å². The van der Waals surface area contributed by atoms with E-state index in [9.17, 15) is 22.8 Å². The number of amides is 1. The number of rotatable bonds is 5. The van der Waals surface area contributed by atoms with E-state index in [-0.39, 0.29) is 19.6 Å². The Kier molecular flexibility index (Phi) is 4.67. The Morgan fingerprint density at radius 2 is 1.95 bits per heavy atom. The molecule has 0 bridgehead atoms. The number of hydrogen-bond acceptors (Lipinski definition) is 3. The summed E-state index contributed by atoms with van der Waals surface area (Å²) >= 11 is 3.27. The highest BCUT2D eigenvalue weighted by atomic mass is 79.9. The molecule has 8 heteroatoms. The molecule has 0 radical (unpaired) electrons. The lowest BCUT2D eigenvalue weighted by atomic mass is 10.1. The van der Waals surface area contributed by atoms with Gasteiger partial charge in [0.15, 0.2) is 0 Å². The van der Waals surface area contributed by atoms with E-state index < -0.39 is 24.5 Å². The average Bonchev–Trinajstić information content (AvgIpc) is 2.63. The lowest BCUT2D eigenvalue weighted by Crippen LogP contribution is -2.31. The van der Waals surface area contributed by atoms with Gasteiger partial charge < -0.3 is 9.64 Å². The molecular formula is C13H11BrF3NO3. The van der Waals surface area contributed by atoms with Gasteiger partial charge in [-0.25, -0.2) is 0 Å². The quantitative estimate of drug-likeness (QED) is 0.595. The monoisotopic (exact) mass is 365 g/mol. The summed E-state index contributed by atoms with van der Waals surface area (Å²) in [6.07, 6.45) is -4.16. The highest BCUT2D eigenvalue weighted by Crippen LogP contribution is 2.35. The number of anilines is 1. The molecule has 1 aliphatic rings. The first-order chi connectivity index (χ1) is 9.81. The van der Waals surface area contributed by atoms with Crippen LogP contribution in [0.2, 0.25) is 0 Å². The Hall–Kier alpha value is -1.41. The van der Waals surface area contributed by atoms with Crippen LogP contribution in [0.3, 0.4) is 0 Å². The van der Waals surface area contributed by atoms with E-state index >= 15 is 0 Å². The highest BCUT2D eigenvalue weighted by molar-refractivity contribution is 9.10. The van der Waals surface area contributed by atoms with Crippen LogP contribution in [0.25, 0.3) is 0 Å². The summed E-state index contributed by atoms with van der Waals surface area (Å²) in [5.74, 6) is -1.28. The Balaban J connectivity index is 1.96. The maximum absolute atomic E-state index is 11.9. The van der Waals surface area contributed by atoms with Gasteiger partial charge in [-0.15, -0.1) is 0 Å². The average molecular weight is 366 g/mol. The van der Waals surface area contributed by atoms with Crippen molar-refractivity contribution in [3.8, 4) is 0 Å². The van der Waals surface area contributed by atoms with Gasteiger partial charge in [0.2, 0.25) is 0 Å². The summed E-state index contributed by atoms with van der Waals surface area (Å²) in [6.45, 7) is -1.34. The van der Waals surface area contributed by atoms with E-state index in [1.165, 1.54) is 4.90 Å². The minimum absolute atomic E-state index is 0.123. The standard InChI is InChI=1S/C13H11BrF3NO3/c14-9-4-1-3-8-10(9)18(12(20)11(8)19)5-2-6-21-7-13(15,16)17/h1,3-4H,2,5-7H2. The van der Waals surface area contributed by atoms with Crippen molar-refractivity contribution < 1.29 is 27.5 Å². The van der Waals surface area contributed by atoms with Gasteiger partial charge in [0, 0.05) is 17.6 Å². The molecule has 0 N–H and O–H groups in total. The first-order valence-electron chi connectivity index (χ1n) is 6.10. The highest BCUT2D eigenvalue weighted by Gasteiger charge is 2.36. The molecule has 0 aliphatic carbocycles. The van der Waals surface area contributed by atoms with Crippen LogP contribution in [-0.2, 0) is 9.53 Å². The summed E-state index contributed by atoms with van der Waals surface area (Å²) in [7, 11) is 0. The molecule has 2 rings (SSSR count). The number of carbonyl (C=O) groups is 2. The Morgan fingerprint density at radius 1 is 1.24 bits per heavy atom. The third-order valence-electron chi connectivity index (χ3n) is 2.88. The number of carbonyl (C=O) groups excluding carboxylic acids is 2. The fourth-order valence-corrected chi connectivity index (χ4v) is 2.62. The largest absolute Gasteiger partial charge is 0.411 e. The van der Waals surface area contributed by atoms with Gasteiger partial charge in [-0.2, -0.15) is 13.2 Å². The molecule has 0 fully saturated rings. The number of para-hydroxylation sites is 1. The maximum atomic E-state index is 11.9. The zero-order chi connectivity index (χ0) is 15.6. The zero-order valence-corrected chi connectivity index (χ0v) is 12.3. The second-order valence-corrected chi connectivity index (χ2v) is 5.30. The molecule has 21 heavy (non-hydrogen) atoms. The molecule has 1 aromatic rings. The molecule has 0 unspecified atom stereocenters. The maximum Gasteiger partial charge on any atom is 0.411 e. The van der Waals surface area contributed by atoms with Crippen molar-refractivity contribution in [2.75, 3.05) is 24.7 Å². The van der Waals surface area contributed by atoms with Gasteiger partial charge in [-0.05, 0) is 34.5 Å². The van der Waals surface area contributed by atoms with Crippen LogP contribution in [0, 0.1) is 0 Å². The SMILES string of the molecule is O=C1C(=O)N(CCCOCC(F)(F)F)c2c(Br)cccc21. The summed E-state index contributed by atoms with van der Waals surface area (Å²) in [4.78, 5) is 24.9. The van der Waals surface area contributed by atoms with Crippen LogP contribution >= 0.6 is 15.9 Å². The number of nitrogens with zero attached hydrogens (tertiary/aromatic N) is 1. The molecule has 0 atom stereocenters. The minimum atomic E-state index is -4.37. The summed E-state index contributed by atoms with van der Waals surface area (Å²) < 4.78 is 40.8. The van der Waals surface area contributed by atoms with Crippen LogP contribution in [0.15, 0.2) is 22.7 Å². The van der Waals surface area contributed by atoms with E-state index in [1.54, 1.807) is 18.2 Å². The third-order valence-corrected chi connectivity index (χ3v) is 3.52. The van der Waals surface area contributed by atoms with E-state index in [0.717, 1.165) is 0 Å². The molecule has 0 saturated heterocycles. The Labute approximate surface area is 127 Å². The molecule has 4 nitrogen and oxygen atoms in total. The number of ketones is 1. The molecule has 114 valence electrons. The Bertz CT molecular complexity index is 574. The fourth-order valence-electron chi connectivity index (χ4n) is 2.04. The van der Waals surface area contributed by atoms with Crippen LogP contribution in [-0.4, -0.2) is 37.6 Å². The van der Waals surface area contributed by atoms with Gasteiger partial charge in [0.05, 0.1) is 11.3 Å². The lowest BCUT2D eigenvalue weighted by Gasteiger charge is -2.17. The third kappa shape index (κ3) is 3.62. The van der Waals surface area contributed by atoms with Crippen LogP contribution in [0.4, 0.5) is 18.9 Å². The van der Waals surface area contributed by atoms with Gasteiger partial charge in [0.25, 0.3) is 11.7 Å². The van der Waals surface area contributed by atoms with Crippen molar-refractivity contribution in [3.05, 3.63) is 28.2 Å². The van der Waals surface area contributed by atoms with Crippen LogP contribution < -0.4 is 4.90 Å². The van der Waals surface area contributed by atoms with Crippen LogP contribution in [0.1, 0.15) is 16.8 Å². The minimum Gasteiger partial charge on any atom is -0.372 e. The van der Waals surface area contributed by atoms with E-state index in [0.29, 0.717) is 15.7 Å². The van der Waals surface area contributed by atoms with Gasteiger partial charge >= 0.3 is 6.18 Å². The van der Waals surface area contributed by atoms with E-state index in [2.05, 4.69) is 20.7 Å². The number of alkyl halides is 3. The fraction of sp³-hybridized carbons (Fsp3) is 0.385. The van der Waals surface area contributed by atoms with E-state index in [4.69, 9.17) is 0 Å². The molecule has 1 amide bonds. The lowest BCUT2D eigenvalue weighted by molar-refractivity contribution is -0.173. The topological polar surface area (TPSA) is 46.6 Å².